The monoisotopic (exact) mass is 357 g/mol. The lowest BCUT2D eigenvalue weighted by Crippen LogP contribution is -2.47. The van der Waals surface area contributed by atoms with Gasteiger partial charge in [-0.25, -0.2) is 0 Å². The summed E-state index contributed by atoms with van der Waals surface area (Å²) in [5, 5.41) is 6.62. The highest BCUT2D eigenvalue weighted by Crippen LogP contribution is 1.98. The standard InChI is InChI=1S/C12H27N3O.HI/c1-12(2,3)15-11(13-4)14-9-7-6-8-10-16-5;/h6-10H2,1-5H3,(H2,13,14,15);1H. The van der Waals surface area contributed by atoms with Crippen LogP contribution in [0.1, 0.15) is 40.0 Å². The van der Waals surface area contributed by atoms with Gasteiger partial charge < -0.3 is 15.4 Å². The van der Waals surface area contributed by atoms with Gasteiger partial charge in [-0.15, -0.1) is 24.0 Å². The van der Waals surface area contributed by atoms with Crippen molar-refractivity contribution in [3.8, 4) is 0 Å². The van der Waals surface area contributed by atoms with E-state index in [1.54, 1.807) is 14.2 Å². The number of guanidine groups is 1. The Morgan fingerprint density at radius 3 is 2.29 bits per heavy atom. The first-order chi connectivity index (χ1) is 7.49. The number of nitrogens with zero attached hydrogens (tertiary/aromatic N) is 1. The second kappa shape index (κ2) is 11.1. The van der Waals surface area contributed by atoms with E-state index in [-0.39, 0.29) is 29.5 Å². The van der Waals surface area contributed by atoms with E-state index in [1.807, 2.05) is 0 Å². The molecule has 0 heterocycles. The van der Waals surface area contributed by atoms with Crippen LogP contribution >= 0.6 is 24.0 Å². The first-order valence-electron chi connectivity index (χ1n) is 5.97. The maximum Gasteiger partial charge on any atom is 0.191 e. The van der Waals surface area contributed by atoms with Crippen molar-refractivity contribution < 1.29 is 4.74 Å². The van der Waals surface area contributed by atoms with Crippen molar-refractivity contribution in [2.75, 3.05) is 27.3 Å². The van der Waals surface area contributed by atoms with E-state index in [4.69, 9.17) is 4.74 Å². The summed E-state index contributed by atoms with van der Waals surface area (Å²) in [7, 11) is 3.54. The third-order valence-corrected chi connectivity index (χ3v) is 2.03. The van der Waals surface area contributed by atoms with E-state index < -0.39 is 0 Å². The molecule has 0 aromatic rings. The van der Waals surface area contributed by atoms with E-state index >= 15 is 0 Å². The van der Waals surface area contributed by atoms with Gasteiger partial charge >= 0.3 is 0 Å². The molecule has 0 aliphatic rings. The molecule has 0 radical (unpaired) electrons. The zero-order valence-corrected chi connectivity index (χ0v) is 14.1. The van der Waals surface area contributed by atoms with Crippen molar-refractivity contribution in [2.45, 2.75) is 45.6 Å². The first-order valence-corrected chi connectivity index (χ1v) is 5.97. The van der Waals surface area contributed by atoms with Gasteiger partial charge in [0.2, 0.25) is 0 Å². The fourth-order valence-electron chi connectivity index (χ4n) is 1.29. The largest absolute Gasteiger partial charge is 0.385 e. The summed E-state index contributed by atoms with van der Waals surface area (Å²) in [5.41, 5.74) is 0.0535. The van der Waals surface area contributed by atoms with Crippen LogP contribution in [0.25, 0.3) is 0 Å². The van der Waals surface area contributed by atoms with E-state index in [0.29, 0.717) is 0 Å². The van der Waals surface area contributed by atoms with Crippen molar-refractivity contribution in [1.82, 2.24) is 10.6 Å². The number of hydrogen-bond acceptors (Lipinski definition) is 2. The molecule has 0 aliphatic carbocycles. The van der Waals surface area contributed by atoms with Gasteiger partial charge in [0.25, 0.3) is 0 Å². The van der Waals surface area contributed by atoms with Crippen molar-refractivity contribution in [3.63, 3.8) is 0 Å². The number of methoxy groups -OCH3 is 1. The van der Waals surface area contributed by atoms with E-state index in [0.717, 1.165) is 32.0 Å². The van der Waals surface area contributed by atoms with Crippen molar-refractivity contribution in [1.29, 1.82) is 0 Å². The zero-order valence-electron chi connectivity index (χ0n) is 11.8. The average molecular weight is 357 g/mol. The minimum atomic E-state index is 0. The van der Waals surface area contributed by atoms with Crippen LogP contribution in [-0.4, -0.2) is 38.8 Å². The smallest absolute Gasteiger partial charge is 0.191 e. The van der Waals surface area contributed by atoms with Crippen LogP contribution in [0.15, 0.2) is 4.99 Å². The minimum Gasteiger partial charge on any atom is -0.385 e. The number of ether oxygens (including phenoxy) is 1. The summed E-state index contributed by atoms with van der Waals surface area (Å²) in [4.78, 5) is 4.18. The molecule has 4 nitrogen and oxygen atoms in total. The zero-order chi connectivity index (χ0) is 12.4. The maximum atomic E-state index is 5.00. The lowest BCUT2D eigenvalue weighted by Gasteiger charge is -2.23. The summed E-state index contributed by atoms with van der Waals surface area (Å²) in [5.74, 6) is 0.874. The molecule has 0 unspecified atom stereocenters. The molecule has 0 saturated heterocycles. The third-order valence-electron chi connectivity index (χ3n) is 2.03. The quantitative estimate of drug-likeness (QED) is 0.332. The molecule has 104 valence electrons. The molecule has 0 saturated carbocycles. The fraction of sp³-hybridized carbons (Fsp3) is 0.917. The van der Waals surface area contributed by atoms with Crippen LogP contribution in [0.5, 0.6) is 0 Å². The Hall–Kier alpha value is -0.0400. The van der Waals surface area contributed by atoms with Gasteiger partial charge in [-0.1, -0.05) is 0 Å². The average Bonchev–Trinajstić information content (AvgIpc) is 2.19. The Labute approximate surface area is 123 Å². The van der Waals surface area contributed by atoms with Crippen molar-refractivity contribution in [2.24, 2.45) is 4.99 Å². The van der Waals surface area contributed by atoms with E-state index in [2.05, 4.69) is 36.4 Å². The molecule has 2 N–H and O–H groups in total. The molecule has 0 amide bonds. The number of rotatable bonds is 6. The third kappa shape index (κ3) is 13.9. The molecule has 0 bridgehead atoms. The molecule has 0 rings (SSSR count). The van der Waals surface area contributed by atoms with Crippen LogP contribution in [0.2, 0.25) is 0 Å². The highest BCUT2D eigenvalue weighted by atomic mass is 127. The molecule has 0 atom stereocenters. The van der Waals surface area contributed by atoms with Crippen molar-refractivity contribution >= 4 is 29.9 Å². The van der Waals surface area contributed by atoms with Crippen LogP contribution in [0, 0.1) is 0 Å². The molecule has 0 aromatic carbocycles. The first kappa shape index (κ1) is 19.3. The SMILES string of the molecule is CN=C(NCCCCCOC)NC(C)(C)C.I. The number of hydrogen-bond donors (Lipinski definition) is 2. The molecule has 0 aromatic heterocycles. The van der Waals surface area contributed by atoms with Gasteiger partial charge in [0.15, 0.2) is 5.96 Å². The van der Waals surface area contributed by atoms with Crippen LogP contribution < -0.4 is 10.6 Å². The lowest BCUT2D eigenvalue weighted by molar-refractivity contribution is 0.192. The minimum absolute atomic E-state index is 0. The molecule has 0 fully saturated rings. The lowest BCUT2D eigenvalue weighted by atomic mass is 10.1. The summed E-state index contributed by atoms with van der Waals surface area (Å²) in [6.45, 7) is 8.18. The van der Waals surface area contributed by atoms with Crippen molar-refractivity contribution in [3.05, 3.63) is 0 Å². The fourth-order valence-corrected chi connectivity index (χ4v) is 1.29. The molecule has 0 aliphatic heterocycles. The highest BCUT2D eigenvalue weighted by molar-refractivity contribution is 14.0. The van der Waals surface area contributed by atoms with Gasteiger partial charge in [-0.3, -0.25) is 4.99 Å². The Morgan fingerprint density at radius 1 is 1.18 bits per heavy atom. The summed E-state index contributed by atoms with van der Waals surface area (Å²) in [6.07, 6.45) is 3.46. The second-order valence-electron chi connectivity index (χ2n) is 4.93. The highest BCUT2D eigenvalue weighted by Gasteiger charge is 2.10. The van der Waals surface area contributed by atoms with Crippen LogP contribution in [0.3, 0.4) is 0 Å². The number of unbranched alkanes of at least 4 members (excludes halogenated alkanes) is 2. The Morgan fingerprint density at radius 2 is 1.82 bits per heavy atom. The number of nitrogens with one attached hydrogen (secondary N) is 2. The van der Waals surface area contributed by atoms with E-state index in [1.165, 1.54) is 6.42 Å². The van der Waals surface area contributed by atoms with Gasteiger partial charge in [0.1, 0.15) is 0 Å². The maximum absolute atomic E-state index is 5.00. The normalized spacial score (nSPS) is 11.9. The molecule has 17 heavy (non-hydrogen) atoms. The van der Waals surface area contributed by atoms with E-state index in [9.17, 15) is 0 Å². The molecule has 0 spiro atoms. The molecule has 5 heteroatoms. The van der Waals surface area contributed by atoms with Crippen LogP contribution in [-0.2, 0) is 4.74 Å². The Balaban J connectivity index is 0. The summed E-state index contributed by atoms with van der Waals surface area (Å²) < 4.78 is 5.00. The summed E-state index contributed by atoms with van der Waals surface area (Å²) in [6, 6.07) is 0. The predicted molar refractivity (Wildman–Crippen MR) is 85.4 cm³/mol. The molecular weight excluding hydrogens is 329 g/mol. The second-order valence-corrected chi connectivity index (χ2v) is 4.93. The number of halogens is 1. The Bertz CT molecular complexity index is 202. The Kier molecular flexibility index (Phi) is 12.6. The van der Waals surface area contributed by atoms with Gasteiger partial charge in [-0.05, 0) is 40.0 Å². The number of aliphatic imine (C=N–C) groups is 1. The predicted octanol–water partition coefficient (Wildman–Crippen LogP) is 2.38. The van der Waals surface area contributed by atoms with Crippen LogP contribution in [0.4, 0.5) is 0 Å². The topological polar surface area (TPSA) is 45.7 Å². The summed E-state index contributed by atoms with van der Waals surface area (Å²) >= 11 is 0. The van der Waals surface area contributed by atoms with Gasteiger partial charge in [0, 0.05) is 32.8 Å². The van der Waals surface area contributed by atoms with Gasteiger partial charge in [0.05, 0.1) is 0 Å². The van der Waals surface area contributed by atoms with Gasteiger partial charge in [-0.2, -0.15) is 0 Å². The molecular formula is C12H28IN3O.